The summed E-state index contributed by atoms with van der Waals surface area (Å²) in [6, 6.07) is 16.9. The normalized spacial score (nSPS) is 22.7. The first-order valence-corrected chi connectivity index (χ1v) is 17.2. The largest absolute Gasteiger partial charge is 0.459 e. The number of rotatable bonds is 8. The second-order valence-electron chi connectivity index (χ2n) is 13.5. The van der Waals surface area contributed by atoms with Gasteiger partial charge in [-0.3, -0.25) is 9.59 Å². The average Bonchev–Trinajstić information content (AvgIpc) is 3.01. The molecule has 44 heavy (non-hydrogen) atoms. The molecule has 0 aliphatic heterocycles. The molecule has 3 aliphatic carbocycles. The standard InChI is InChI=1S/C38H43NO4S/c1-22(2)18-25-12-13-27-20-28(15-14-26(27)19-25)43-38(42)31-21-32(44-17-16-24-10-8-23(3)9-11-24)33-34(35(31)39)37(41)30-7-5-4-6-29(30)36(33)40/h4-11,21-22,25-28H,12-20,39H2,1-3H3. The first-order chi connectivity index (χ1) is 21.2. The van der Waals surface area contributed by atoms with Gasteiger partial charge in [-0.15, -0.1) is 11.8 Å². The Kier molecular flexibility index (Phi) is 9.00. The molecule has 3 aromatic carbocycles. The molecule has 0 amide bonds. The van der Waals surface area contributed by atoms with Crippen LogP contribution in [-0.2, 0) is 11.2 Å². The van der Waals surface area contributed by atoms with Crippen molar-refractivity contribution in [3.05, 3.63) is 93.5 Å². The number of esters is 1. The third kappa shape index (κ3) is 6.24. The Morgan fingerprint density at radius 3 is 2.27 bits per heavy atom. The molecule has 4 unspecified atom stereocenters. The fourth-order valence-electron chi connectivity index (χ4n) is 7.75. The van der Waals surface area contributed by atoms with E-state index in [9.17, 15) is 14.4 Å². The topological polar surface area (TPSA) is 86.5 Å². The number of fused-ring (bicyclic) bond motifs is 3. The predicted octanol–water partition coefficient (Wildman–Crippen LogP) is 8.48. The summed E-state index contributed by atoms with van der Waals surface area (Å²) in [5.41, 5.74) is 10.4. The van der Waals surface area contributed by atoms with E-state index in [1.807, 2.05) is 0 Å². The third-order valence-electron chi connectivity index (χ3n) is 9.94. The molecular formula is C38H43NO4S. The number of hydrogen-bond donors (Lipinski definition) is 1. The highest BCUT2D eigenvalue weighted by molar-refractivity contribution is 7.99. The average molecular weight is 610 g/mol. The van der Waals surface area contributed by atoms with E-state index in [1.54, 1.807) is 30.3 Å². The van der Waals surface area contributed by atoms with Crippen molar-refractivity contribution in [2.24, 2.45) is 23.7 Å². The lowest BCUT2D eigenvalue weighted by molar-refractivity contribution is -0.00673. The van der Waals surface area contributed by atoms with Crippen molar-refractivity contribution in [3.63, 3.8) is 0 Å². The highest BCUT2D eigenvalue weighted by Crippen LogP contribution is 2.45. The quantitative estimate of drug-likeness (QED) is 0.123. The van der Waals surface area contributed by atoms with Crippen LogP contribution in [0.2, 0.25) is 0 Å². The maximum absolute atomic E-state index is 13.8. The van der Waals surface area contributed by atoms with Gasteiger partial charge in [-0.1, -0.05) is 74.4 Å². The summed E-state index contributed by atoms with van der Waals surface area (Å²) in [5, 5.41) is 0. The van der Waals surface area contributed by atoms with Gasteiger partial charge < -0.3 is 10.5 Å². The van der Waals surface area contributed by atoms with E-state index in [0.717, 1.165) is 43.4 Å². The van der Waals surface area contributed by atoms with Crippen LogP contribution in [0, 0.1) is 30.6 Å². The number of ether oxygens (including phenoxy) is 1. The number of ketones is 2. The number of benzene rings is 3. The van der Waals surface area contributed by atoms with Gasteiger partial charge in [-0.25, -0.2) is 4.79 Å². The molecule has 6 rings (SSSR count). The summed E-state index contributed by atoms with van der Waals surface area (Å²) in [5.74, 6) is 2.50. The zero-order valence-electron chi connectivity index (χ0n) is 26.1. The van der Waals surface area contributed by atoms with Crippen molar-refractivity contribution in [1.82, 2.24) is 0 Å². The molecule has 3 aromatic rings. The second-order valence-corrected chi connectivity index (χ2v) is 14.7. The van der Waals surface area contributed by atoms with Crippen molar-refractivity contribution in [3.8, 4) is 0 Å². The van der Waals surface area contributed by atoms with E-state index in [1.165, 1.54) is 48.6 Å². The van der Waals surface area contributed by atoms with Crippen LogP contribution in [-0.4, -0.2) is 29.4 Å². The minimum absolute atomic E-state index is 0.0450. The molecule has 2 fully saturated rings. The molecule has 3 aliphatic rings. The van der Waals surface area contributed by atoms with Gasteiger partial charge in [0.1, 0.15) is 6.10 Å². The molecule has 0 bridgehead atoms. The van der Waals surface area contributed by atoms with Gasteiger partial charge in [-0.05, 0) is 87.2 Å². The van der Waals surface area contributed by atoms with Gasteiger partial charge in [0.25, 0.3) is 0 Å². The molecule has 2 N–H and O–H groups in total. The van der Waals surface area contributed by atoms with E-state index in [2.05, 4.69) is 45.0 Å². The van der Waals surface area contributed by atoms with Crippen LogP contribution in [0.4, 0.5) is 5.69 Å². The van der Waals surface area contributed by atoms with Crippen molar-refractivity contribution < 1.29 is 19.1 Å². The summed E-state index contributed by atoms with van der Waals surface area (Å²) in [6.45, 7) is 6.68. The maximum atomic E-state index is 13.8. The minimum Gasteiger partial charge on any atom is -0.459 e. The van der Waals surface area contributed by atoms with E-state index in [4.69, 9.17) is 10.5 Å². The summed E-state index contributed by atoms with van der Waals surface area (Å²) in [6.07, 6.45) is 8.52. The number of thioether (sulfide) groups is 1. The van der Waals surface area contributed by atoms with Crippen LogP contribution in [0.25, 0.3) is 0 Å². The lowest BCUT2D eigenvalue weighted by Gasteiger charge is -2.42. The van der Waals surface area contributed by atoms with Crippen molar-refractivity contribution in [2.45, 2.75) is 83.1 Å². The van der Waals surface area contributed by atoms with Crippen LogP contribution in [0.3, 0.4) is 0 Å². The van der Waals surface area contributed by atoms with E-state index < -0.39 is 5.97 Å². The first kappa shape index (κ1) is 30.6. The molecule has 230 valence electrons. The van der Waals surface area contributed by atoms with Crippen LogP contribution in [0.1, 0.15) is 112 Å². The number of hydrogen-bond acceptors (Lipinski definition) is 6. The number of carbonyl (C=O) groups excluding carboxylic acids is 3. The summed E-state index contributed by atoms with van der Waals surface area (Å²) in [4.78, 5) is 41.9. The van der Waals surface area contributed by atoms with Gasteiger partial charge in [0.05, 0.1) is 16.8 Å². The molecular weight excluding hydrogens is 566 g/mol. The molecule has 6 heteroatoms. The molecule has 5 nitrogen and oxygen atoms in total. The van der Waals surface area contributed by atoms with E-state index >= 15 is 0 Å². The van der Waals surface area contributed by atoms with Crippen LogP contribution < -0.4 is 5.73 Å². The number of nitrogens with two attached hydrogens (primary N) is 1. The van der Waals surface area contributed by atoms with Crippen LogP contribution in [0.15, 0.2) is 59.5 Å². The number of aryl methyl sites for hydroxylation is 2. The van der Waals surface area contributed by atoms with E-state index in [0.29, 0.717) is 33.3 Å². The third-order valence-corrected chi connectivity index (χ3v) is 11.0. The predicted molar refractivity (Wildman–Crippen MR) is 177 cm³/mol. The Morgan fingerprint density at radius 2 is 1.57 bits per heavy atom. The smallest absolute Gasteiger partial charge is 0.340 e. The highest BCUT2D eigenvalue weighted by Gasteiger charge is 2.39. The fourth-order valence-corrected chi connectivity index (χ4v) is 8.84. The molecule has 4 atom stereocenters. The van der Waals surface area contributed by atoms with Crippen LogP contribution >= 0.6 is 11.8 Å². The molecule has 0 aromatic heterocycles. The van der Waals surface area contributed by atoms with Crippen molar-refractivity contribution in [2.75, 3.05) is 11.5 Å². The molecule has 2 saturated carbocycles. The Balaban J connectivity index is 1.24. The Bertz CT molecular complexity index is 1580. The zero-order valence-corrected chi connectivity index (χ0v) is 26.9. The second kappa shape index (κ2) is 12.9. The van der Waals surface area contributed by atoms with E-state index in [-0.39, 0.29) is 34.5 Å². The Labute approximate surface area is 265 Å². The lowest BCUT2D eigenvalue weighted by Crippen LogP contribution is -2.35. The first-order valence-electron chi connectivity index (χ1n) is 16.2. The van der Waals surface area contributed by atoms with Crippen molar-refractivity contribution in [1.29, 1.82) is 0 Å². The molecule has 0 radical (unpaired) electrons. The lowest BCUT2D eigenvalue weighted by atomic mass is 9.65. The Morgan fingerprint density at radius 1 is 0.909 bits per heavy atom. The number of nitrogen functional groups attached to an aromatic ring is 1. The SMILES string of the molecule is Cc1ccc(CCSc2cc(C(=O)OC3CCC4CC(CC(C)C)CCC4C3)c(N)c3c2C(=O)c2ccccc2C3=O)cc1. The fraction of sp³-hybridized carbons (Fsp3) is 0.447. The van der Waals surface area contributed by atoms with Gasteiger partial charge >= 0.3 is 5.97 Å². The maximum Gasteiger partial charge on any atom is 0.340 e. The molecule has 0 heterocycles. The zero-order chi connectivity index (χ0) is 31.0. The monoisotopic (exact) mass is 609 g/mol. The minimum atomic E-state index is -0.498. The summed E-state index contributed by atoms with van der Waals surface area (Å²) < 4.78 is 6.14. The van der Waals surface area contributed by atoms with Gasteiger partial charge in [0.2, 0.25) is 0 Å². The molecule has 0 spiro atoms. The van der Waals surface area contributed by atoms with Gasteiger partial charge in [0, 0.05) is 27.3 Å². The Hall–Kier alpha value is -3.38. The number of anilines is 1. The van der Waals surface area contributed by atoms with Crippen molar-refractivity contribution >= 4 is 35.0 Å². The highest BCUT2D eigenvalue weighted by atomic mass is 32.2. The van der Waals surface area contributed by atoms with Gasteiger partial charge in [-0.2, -0.15) is 0 Å². The van der Waals surface area contributed by atoms with Gasteiger partial charge in [0.15, 0.2) is 11.6 Å². The summed E-state index contributed by atoms with van der Waals surface area (Å²) in [7, 11) is 0. The van der Waals surface area contributed by atoms with Crippen LogP contribution in [0.5, 0.6) is 0 Å². The number of carbonyl (C=O) groups is 3. The molecule has 0 saturated heterocycles. The summed E-state index contributed by atoms with van der Waals surface area (Å²) >= 11 is 1.48.